The lowest BCUT2D eigenvalue weighted by atomic mass is 9.59. The standard InChI is InChI=1S/C28H37N3O3/c1-18-7-8-21(17-22(18)27(33)34)29-26(32)24-23(30-25(31-24)20-5-3-2-4-6-20)12-16-28-13-9-19(10-14-28)11-15-28/h7-8,17,19-20H,2-6,9-16H2,1H3,(H,29,32)(H,30,31)(H,33,34). The van der Waals surface area contributed by atoms with Gasteiger partial charge in [0.1, 0.15) is 11.5 Å². The number of aromatic nitrogens is 2. The molecule has 0 atom stereocenters. The number of rotatable bonds is 7. The number of benzene rings is 1. The molecule has 4 saturated carbocycles. The van der Waals surface area contributed by atoms with Gasteiger partial charge in [0.15, 0.2) is 0 Å². The number of H-pyrrole nitrogens is 1. The molecular formula is C28H37N3O3. The van der Waals surface area contributed by atoms with Crippen molar-refractivity contribution in [3.05, 3.63) is 46.5 Å². The minimum atomic E-state index is -0.991. The number of hydrogen-bond acceptors (Lipinski definition) is 3. The van der Waals surface area contributed by atoms with E-state index in [0.717, 1.165) is 43.1 Å². The van der Waals surface area contributed by atoms with Crippen LogP contribution < -0.4 is 5.32 Å². The van der Waals surface area contributed by atoms with Crippen LogP contribution in [0.15, 0.2) is 18.2 Å². The second-order valence-electron chi connectivity index (χ2n) is 11.1. The van der Waals surface area contributed by atoms with Crippen LogP contribution in [0.25, 0.3) is 0 Å². The Morgan fingerprint density at radius 2 is 1.79 bits per heavy atom. The van der Waals surface area contributed by atoms with Gasteiger partial charge in [-0.15, -0.1) is 0 Å². The van der Waals surface area contributed by atoms with Crippen LogP contribution in [0.2, 0.25) is 0 Å². The van der Waals surface area contributed by atoms with Crippen LogP contribution in [0, 0.1) is 18.3 Å². The third-order valence-electron chi connectivity index (χ3n) is 8.88. The zero-order valence-corrected chi connectivity index (χ0v) is 20.3. The summed E-state index contributed by atoms with van der Waals surface area (Å²) in [6.07, 6.45) is 16.0. The molecule has 3 N–H and O–H groups in total. The van der Waals surface area contributed by atoms with Crippen molar-refractivity contribution in [1.29, 1.82) is 0 Å². The van der Waals surface area contributed by atoms with Crippen LogP contribution in [0.3, 0.4) is 0 Å². The SMILES string of the molecule is Cc1ccc(NC(=O)c2nc(C3CCCCC3)[nH]c2CCC23CCC(CC2)CC3)cc1C(=O)O. The van der Waals surface area contributed by atoms with Gasteiger partial charge in [-0.2, -0.15) is 0 Å². The second-order valence-corrected chi connectivity index (χ2v) is 11.1. The number of nitrogens with zero attached hydrogens (tertiary/aromatic N) is 1. The fraction of sp³-hybridized carbons (Fsp3) is 0.607. The van der Waals surface area contributed by atoms with E-state index in [4.69, 9.17) is 4.98 Å². The quantitative estimate of drug-likeness (QED) is 0.430. The van der Waals surface area contributed by atoms with Gasteiger partial charge in [0, 0.05) is 17.3 Å². The maximum absolute atomic E-state index is 13.4. The van der Waals surface area contributed by atoms with Gasteiger partial charge < -0.3 is 15.4 Å². The molecule has 0 radical (unpaired) electrons. The first-order valence-electron chi connectivity index (χ1n) is 13.2. The summed E-state index contributed by atoms with van der Waals surface area (Å²) in [7, 11) is 0. The normalized spacial score (nSPS) is 24.8. The van der Waals surface area contributed by atoms with Crippen LogP contribution in [-0.2, 0) is 6.42 Å². The number of amides is 1. The lowest BCUT2D eigenvalue weighted by Gasteiger charge is -2.46. The molecule has 0 aliphatic heterocycles. The average Bonchev–Trinajstić information content (AvgIpc) is 3.30. The number of hydrogen-bond donors (Lipinski definition) is 3. The van der Waals surface area contributed by atoms with Gasteiger partial charge in [-0.25, -0.2) is 9.78 Å². The molecule has 4 fully saturated rings. The topological polar surface area (TPSA) is 95.1 Å². The van der Waals surface area contributed by atoms with E-state index >= 15 is 0 Å². The van der Waals surface area contributed by atoms with Crippen LogP contribution in [0.4, 0.5) is 5.69 Å². The van der Waals surface area contributed by atoms with E-state index in [1.165, 1.54) is 63.9 Å². The predicted molar refractivity (Wildman–Crippen MR) is 132 cm³/mol. The van der Waals surface area contributed by atoms with Crippen molar-refractivity contribution in [2.45, 2.75) is 96.3 Å². The number of fused-ring (bicyclic) bond motifs is 3. The molecule has 2 bridgehead atoms. The van der Waals surface area contributed by atoms with Crippen molar-refractivity contribution in [3.63, 3.8) is 0 Å². The second kappa shape index (κ2) is 9.55. The largest absolute Gasteiger partial charge is 0.478 e. The summed E-state index contributed by atoms with van der Waals surface area (Å²) in [4.78, 5) is 33.3. The van der Waals surface area contributed by atoms with E-state index in [-0.39, 0.29) is 11.5 Å². The number of aromatic carboxylic acids is 1. The van der Waals surface area contributed by atoms with Crippen LogP contribution in [-0.4, -0.2) is 27.0 Å². The Morgan fingerprint density at radius 1 is 1.09 bits per heavy atom. The Labute approximate surface area is 202 Å². The van der Waals surface area contributed by atoms with Crippen LogP contribution in [0.5, 0.6) is 0 Å². The van der Waals surface area contributed by atoms with Crippen LogP contribution in [0.1, 0.15) is 121 Å². The molecule has 4 aliphatic rings. The van der Waals surface area contributed by atoms with Crippen molar-refractivity contribution >= 4 is 17.6 Å². The van der Waals surface area contributed by atoms with Gasteiger partial charge in [-0.05, 0) is 100 Å². The average molecular weight is 464 g/mol. The number of anilines is 1. The molecular weight excluding hydrogens is 426 g/mol. The summed E-state index contributed by atoms with van der Waals surface area (Å²) in [6, 6.07) is 5.02. The number of carbonyl (C=O) groups is 2. The fourth-order valence-electron chi connectivity index (χ4n) is 6.59. The van der Waals surface area contributed by atoms with E-state index in [1.54, 1.807) is 19.1 Å². The highest BCUT2D eigenvalue weighted by Crippen LogP contribution is 2.52. The maximum Gasteiger partial charge on any atom is 0.336 e. The molecule has 0 saturated heterocycles. The summed E-state index contributed by atoms with van der Waals surface area (Å²) in [5, 5.41) is 12.4. The van der Waals surface area contributed by atoms with Gasteiger partial charge in [0.25, 0.3) is 5.91 Å². The fourth-order valence-corrected chi connectivity index (χ4v) is 6.59. The minimum Gasteiger partial charge on any atom is -0.478 e. The summed E-state index contributed by atoms with van der Waals surface area (Å²) in [6.45, 7) is 1.76. The molecule has 1 aromatic carbocycles. The van der Waals surface area contributed by atoms with Gasteiger partial charge in [-0.1, -0.05) is 25.3 Å². The van der Waals surface area contributed by atoms with E-state index in [2.05, 4.69) is 10.3 Å². The van der Waals surface area contributed by atoms with Gasteiger partial charge in [0.05, 0.1) is 5.56 Å². The monoisotopic (exact) mass is 463 g/mol. The van der Waals surface area contributed by atoms with Crippen LogP contribution >= 0.6 is 0 Å². The lowest BCUT2D eigenvalue weighted by molar-refractivity contribution is 0.0567. The third kappa shape index (κ3) is 4.77. The van der Waals surface area contributed by atoms with Gasteiger partial charge >= 0.3 is 5.97 Å². The summed E-state index contributed by atoms with van der Waals surface area (Å²) in [5.41, 5.74) is 3.24. The Kier molecular flexibility index (Phi) is 6.50. The molecule has 1 amide bonds. The van der Waals surface area contributed by atoms with Crippen molar-refractivity contribution in [2.24, 2.45) is 11.3 Å². The maximum atomic E-state index is 13.4. The Morgan fingerprint density at radius 3 is 2.47 bits per heavy atom. The molecule has 34 heavy (non-hydrogen) atoms. The first-order chi connectivity index (χ1) is 16.4. The number of nitrogens with one attached hydrogen (secondary N) is 2. The highest BCUT2D eigenvalue weighted by molar-refractivity contribution is 6.04. The summed E-state index contributed by atoms with van der Waals surface area (Å²) < 4.78 is 0. The Hall–Kier alpha value is -2.63. The molecule has 1 aromatic heterocycles. The molecule has 4 aliphatic carbocycles. The molecule has 6 rings (SSSR count). The smallest absolute Gasteiger partial charge is 0.336 e. The van der Waals surface area contributed by atoms with Crippen molar-refractivity contribution in [3.8, 4) is 0 Å². The lowest BCUT2D eigenvalue weighted by Crippen LogP contribution is -2.34. The van der Waals surface area contributed by atoms with Crippen molar-refractivity contribution in [2.75, 3.05) is 5.32 Å². The third-order valence-corrected chi connectivity index (χ3v) is 8.88. The molecule has 6 heteroatoms. The Balaban J connectivity index is 1.38. The predicted octanol–water partition coefficient (Wildman–Crippen LogP) is 6.62. The molecule has 2 aromatic rings. The van der Waals surface area contributed by atoms with Gasteiger partial charge in [0.2, 0.25) is 0 Å². The number of carboxylic acids is 1. The number of imidazole rings is 1. The van der Waals surface area contributed by atoms with Crippen molar-refractivity contribution < 1.29 is 14.7 Å². The molecule has 6 nitrogen and oxygen atoms in total. The molecule has 182 valence electrons. The van der Waals surface area contributed by atoms with Gasteiger partial charge in [-0.3, -0.25) is 4.79 Å². The van der Waals surface area contributed by atoms with E-state index < -0.39 is 5.97 Å². The van der Waals surface area contributed by atoms with E-state index in [0.29, 0.717) is 28.3 Å². The molecule has 0 unspecified atom stereocenters. The molecule has 1 heterocycles. The summed E-state index contributed by atoms with van der Waals surface area (Å²) in [5.74, 6) is 1.06. The first-order valence-corrected chi connectivity index (χ1v) is 13.2. The Bertz CT molecular complexity index is 1050. The highest BCUT2D eigenvalue weighted by Gasteiger charge is 2.40. The summed E-state index contributed by atoms with van der Waals surface area (Å²) >= 11 is 0. The number of carboxylic acid groups (broad SMARTS) is 1. The van der Waals surface area contributed by atoms with Crippen molar-refractivity contribution in [1.82, 2.24) is 9.97 Å². The van der Waals surface area contributed by atoms with E-state index in [1.807, 2.05) is 0 Å². The minimum absolute atomic E-state index is 0.204. The zero-order chi connectivity index (χ0) is 23.7. The van der Waals surface area contributed by atoms with E-state index in [9.17, 15) is 14.7 Å². The first kappa shape index (κ1) is 23.1. The molecule has 0 spiro atoms. The number of aromatic amines is 1. The number of carbonyl (C=O) groups excluding carboxylic acids is 1. The number of aryl methyl sites for hydroxylation is 2. The highest BCUT2D eigenvalue weighted by atomic mass is 16.4. The zero-order valence-electron chi connectivity index (χ0n) is 20.3.